The standard InChI is InChI=1S/C24H39BrO3/c1-4-24-12-11-23(27,15-28-3)13-16(24)5-6-17-18-7-8-20(21(26)14-25)22(18,2)10-9-19(17)24/h16-20,27H,4-15H2,1-3H3/t16-,17-,18-,19-,20+,22-,23+,24-/m0/s1. The number of carbonyl (C=O) groups excluding carboxylic acids is 1. The number of methoxy groups -OCH3 is 1. The average Bonchev–Trinajstić information content (AvgIpc) is 3.04. The largest absolute Gasteiger partial charge is 0.387 e. The number of halogens is 1. The van der Waals surface area contributed by atoms with Gasteiger partial charge in [0.25, 0.3) is 0 Å². The molecule has 28 heavy (non-hydrogen) atoms. The molecule has 0 amide bonds. The summed E-state index contributed by atoms with van der Waals surface area (Å²) in [5.41, 5.74) is 0.00975. The molecule has 4 fully saturated rings. The van der Waals surface area contributed by atoms with Crippen LogP contribution in [-0.4, -0.2) is 35.5 Å². The highest BCUT2D eigenvalue weighted by Gasteiger charge is 2.62. The summed E-state index contributed by atoms with van der Waals surface area (Å²) in [4.78, 5) is 12.6. The van der Waals surface area contributed by atoms with Crippen LogP contribution in [0.2, 0.25) is 0 Å². The highest BCUT2D eigenvalue weighted by Crippen LogP contribution is 2.69. The van der Waals surface area contributed by atoms with Gasteiger partial charge in [-0.1, -0.05) is 29.8 Å². The summed E-state index contributed by atoms with van der Waals surface area (Å²) >= 11 is 3.44. The van der Waals surface area contributed by atoms with Gasteiger partial charge in [0.05, 0.1) is 17.5 Å². The molecule has 4 aliphatic carbocycles. The number of Topliss-reactive ketones (excluding diaryl/α,β-unsaturated/α-hetero) is 1. The molecule has 3 nitrogen and oxygen atoms in total. The molecule has 0 radical (unpaired) electrons. The van der Waals surface area contributed by atoms with Gasteiger partial charge in [0.2, 0.25) is 0 Å². The van der Waals surface area contributed by atoms with Crippen LogP contribution in [0.5, 0.6) is 0 Å². The molecule has 1 N–H and O–H groups in total. The van der Waals surface area contributed by atoms with Crippen molar-refractivity contribution in [2.24, 2.45) is 40.4 Å². The normalized spacial score (nSPS) is 50.5. The molecule has 160 valence electrons. The Morgan fingerprint density at radius 2 is 1.89 bits per heavy atom. The SMILES string of the molecule is CC[C@]12CC[C@](O)(COC)C[C@@H]1CC[C@H]1[C@@H]3CC[C@H](C(=O)CBr)[C@@]3(C)CC[C@@H]12. The van der Waals surface area contributed by atoms with E-state index in [1.165, 1.54) is 38.5 Å². The lowest BCUT2D eigenvalue weighted by molar-refractivity contribution is -0.171. The van der Waals surface area contributed by atoms with Gasteiger partial charge in [0.1, 0.15) is 5.78 Å². The van der Waals surface area contributed by atoms with Crippen LogP contribution in [0.25, 0.3) is 0 Å². The van der Waals surface area contributed by atoms with Crippen LogP contribution in [0.4, 0.5) is 0 Å². The Morgan fingerprint density at radius 1 is 1.11 bits per heavy atom. The van der Waals surface area contributed by atoms with E-state index in [1.807, 2.05) is 0 Å². The van der Waals surface area contributed by atoms with Crippen molar-refractivity contribution in [2.75, 3.05) is 19.0 Å². The molecule has 8 atom stereocenters. The first-order valence-corrected chi connectivity index (χ1v) is 12.8. The molecule has 0 spiro atoms. The van der Waals surface area contributed by atoms with Crippen LogP contribution in [0, 0.1) is 40.4 Å². The van der Waals surface area contributed by atoms with Crippen LogP contribution in [0.15, 0.2) is 0 Å². The molecule has 0 saturated heterocycles. The molecule has 0 aromatic heterocycles. The second-order valence-corrected chi connectivity index (χ2v) is 11.4. The van der Waals surface area contributed by atoms with E-state index in [0.29, 0.717) is 29.1 Å². The Hall–Kier alpha value is 0.0700. The van der Waals surface area contributed by atoms with E-state index < -0.39 is 5.60 Å². The highest BCUT2D eigenvalue weighted by molar-refractivity contribution is 9.09. The summed E-state index contributed by atoms with van der Waals surface area (Å²) in [5.74, 6) is 3.65. The zero-order chi connectivity index (χ0) is 20.2. The minimum Gasteiger partial charge on any atom is -0.387 e. The summed E-state index contributed by atoms with van der Waals surface area (Å²) in [7, 11) is 1.71. The van der Waals surface area contributed by atoms with E-state index in [2.05, 4.69) is 29.8 Å². The fraction of sp³-hybridized carbons (Fsp3) is 0.958. The number of alkyl halides is 1. The van der Waals surface area contributed by atoms with Gasteiger partial charge in [-0.25, -0.2) is 0 Å². The molecule has 4 saturated carbocycles. The maximum Gasteiger partial charge on any atom is 0.147 e. The molecule has 0 heterocycles. The van der Waals surface area contributed by atoms with Crippen LogP contribution in [0.3, 0.4) is 0 Å². The summed E-state index contributed by atoms with van der Waals surface area (Å²) in [6, 6.07) is 0. The van der Waals surface area contributed by atoms with Crippen LogP contribution in [-0.2, 0) is 9.53 Å². The predicted octanol–water partition coefficient (Wildman–Crippen LogP) is 5.38. The van der Waals surface area contributed by atoms with E-state index in [4.69, 9.17) is 4.74 Å². The Morgan fingerprint density at radius 3 is 2.57 bits per heavy atom. The van der Waals surface area contributed by atoms with Gasteiger partial charge in [-0.15, -0.1) is 0 Å². The summed E-state index contributed by atoms with van der Waals surface area (Å²) in [6.45, 7) is 5.32. The fourth-order valence-electron chi connectivity index (χ4n) is 8.86. The minimum atomic E-state index is -0.616. The predicted molar refractivity (Wildman–Crippen MR) is 115 cm³/mol. The first-order valence-electron chi connectivity index (χ1n) is 11.6. The van der Waals surface area contributed by atoms with Gasteiger partial charge >= 0.3 is 0 Å². The van der Waals surface area contributed by atoms with E-state index >= 15 is 0 Å². The maximum absolute atomic E-state index is 12.6. The number of aliphatic hydroxyl groups is 1. The van der Waals surface area contributed by atoms with Gasteiger partial charge in [-0.2, -0.15) is 0 Å². The van der Waals surface area contributed by atoms with Gasteiger partial charge in [-0.3, -0.25) is 4.79 Å². The van der Waals surface area contributed by atoms with E-state index in [0.717, 1.165) is 43.4 Å². The van der Waals surface area contributed by atoms with E-state index in [9.17, 15) is 9.90 Å². The Bertz CT molecular complexity index is 609. The smallest absolute Gasteiger partial charge is 0.147 e. The third-order valence-electron chi connectivity index (χ3n) is 10.1. The van der Waals surface area contributed by atoms with Crippen molar-refractivity contribution in [3.8, 4) is 0 Å². The molecule has 4 aliphatic rings. The molecular formula is C24H39BrO3. The monoisotopic (exact) mass is 454 g/mol. The zero-order valence-electron chi connectivity index (χ0n) is 18.0. The van der Waals surface area contributed by atoms with Crippen molar-refractivity contribution in [1.82, 2.24) is 0 Å². The van der Waals surface area contributed by atoms with Crippen LogP contribution >= 0.6 is 15.9 Å². The Labute approximate surface area is 179 Å². The topological polar surface area (TPSA) is 46.5 Å². The second-order valence-electron chi connectivity index (χ2n) is 10.9. The lowest BCUT2D eigenvalue weighted by atomic mass is 9.42. The molecule has 0 bridgehead atoms. The summed E-state index contributed by atoms with van der Waals surface area (Å²) in [6.07, 6.45) is 11.6. The first kappa shape index (κ1) is 21.3. The lowest BCUT2D eigenvalue weighted by Crippen LogP contribution is -2.57. The van der Waals surface area contributed by atoms with E-state index in [1.54, 1.807) is 7.11 Å². The lowest BCUT2D eigenvalue weighted by Gasteiger charge is -2.63. The number of carbonyl (C=O) groups is 1. The second kappa shape index (κ2) is 7.64. The van der Waals surface area contributed by atoms with Crippen molar-refractivity contribution in [3.05, 3.63) is 0 Å². The van der Waals surface area contributed by atoms with Crippen molar-refractivity contribution < 1.29 is 14.6 Å². The van der Waals surface area contributed by atoms with Gasteiger partial charge in [-0.05, 0) is 98.7 Å². The van der Waals surface area contributed by atoms with Crippen molar-refractivity contribution >= 4 is 21.7 Å². The van der Waals surface area contributed by atoms with Crippen molar-refractivity contribution in [1.29, 1.82) is 0 Å². The number of hydrogen-bond acceptors (Lipinski definition) is 3. The Kier molecular flexibility index (Phi) is 5.81. The molecule has 4 heteroatoms. The highest BCUT2D eigenvalue weighted by atomic mass is 79.9. The maximum atomic E-state index is 12.6. The molecule has 0 aliphatic heterocycles. The Balaban J connectivity index is 1.59. The van der Waals surface area contributed by atoms with E-state index in [-0.39, 0.29) is 11.3 Å². The number of ketones is 1. The third kappa shape index (κ3) is 3.07. The van der Waals surface area contributed by atoms with Crippen molar-refractivity contribution in [3.63, 3.8) is 0 Å². The molecule has 4 rings (SSSR count). The quantitative estimate of drug-likeness (QED) is 0.567. The third-order valence-corrected chi connectivity index (χ3v) is 10.7. The van der Waals surface area contributed by atoms with Gasteiger partial charge in [0, 0.05) is 13.0 Å². The molecule has 0 unspecified atom stereocenters. The first-order chi connectivity index (χ1) is 13.3. The van der Waals surface area contributed by atoms with Gasteiger partial charge in [0.15, 0.2) is 0 Å². The fourth-order valence-corrected chi connectivity index (χ4v) is 9.25. The van der Waals surface area contributed by atoms with Crippen LogP contribution in [0.1, 0.15) is 78.1 Å². The number of hydrogen-bond donors (Lipinski definition) is 1. The molecule has 0 aromatic rings. The zero-order valence-corrected chi connectivity index (χ0v) is 19.6. The summed E-state index contributed by atoms with van der Waals surface area (Å²) in [5, 5.41) is 11.6. The summed E-state index contributed by atoms with van der Waals surface area (Å²) < 4.78 is 5.37. The number of rotatable bonds is 5. The minimum absolute atomic E-state index is 0.221. The molecular weight excluding hydrogens is 416 g/mol. The van der Waals surface area contributed by atoms with Crippen LogP contribution < -0.4 is 0 Å². The number of fused-ring (bicyclic) bond motifs is 5. The van der Waals surface area contributed by atoms with Gasteiger partial charge < -0.3 is 9.84 Å². The molecule has 0 aromatic carbocycles. The number of ether oxygens (including phenoxy) is 1. The average molecular weight is 455 g/mol. The van der Waals surface area contributed by atoms with Crippen molar-refractivity contribution in [2.45, 2.75) is 83.7 Å².